The van der Waals surface area contributed by atoms with Crippen molar-refractivity contribution in [3.63, 3.8) is 0 Å². The fourth-order valence-electron chi connectivity index (χ4n) is 3.19. The van der Waals surface area contributed by atoms with Crippen molar-refractivity contribution in [2.45, 2.75) is 46.5 Å². The Morgan fingerprint density at radius 1 is 1.10 bits per heavy atom. The third-order valence-electron chi connectivity index (χ3n) is 4.90. The van der Waals surface area contributed by atoms with E-state index in [0.29, 0.717) is 29.3 Å². The largest absolute Gasteiger partial charge is 0.493 e. The fourth-order valence-corrected chi connectivity index (χ4v) is 3.19. The number of methoxy groups -OCH3 is 1. The molecule has 0 bridgehead atoms. The van der Waals surface area contributed by atoms with Crippen LogP contribution in [0, 0.1) is 11.3 Å². The highest BCUT2D eigenvalue weighted by Crippen LogP contribution is 2.31. The minimum absolute atomic E-state index is 0.00306. The van der Waals surface area contributed by atoms with Gasteiger partial charge in [0.15, 0.2) is 11.5 Å². The van der Waals surface area contributed by atoms with Gasteiger partial charge in [0.05, 0.1) is 13.7 Å². The summed E-state index contributed by atoms with van der Waals surface area (Å²) in [4.78, 5) is 26.1. The highest BCUT2D eigenvalue weighted by molar-refractivity contribution is 6.19. The number of rotatable bonds is 9. The first-order chi connectivity index (χ1) is 14.0. The summed E-state index contributed by atoms with van der Waals surface area (Å²) in [5.74, 6) is 0.281. The molecule has 0 N–H and O–H groups in total. The number of nitriles is 1. The standard InChI is InChI=1S/C23H28N2O4/c1-5-7-8-9-12-29-20-11-10-17(14-21(20)28-4)13-18-16(3)19(15-24)23(27)25(6-2)22(18)26/h10-11,13-14H,5-9,12H2,1-4H3/b18-13+. The van der Waals surface area contributed by atoms with Crippen molar-refractivity contribution in [1.29, 1.82) is 5.26 Å². The molecule has 0 unspecified atom stereocenters. The summed E-state index contributed by atoms with van der Waals surface area (Å²) in [5, 5.41) is 9.34. The van der Waals surface area contributed by atoms with Crippen LogP contribution < -0.4 is 9.47 Å². The molecule has 2 amide bonds. The summed E-state index contributed by atoms with van der Waals surface area (Å²) in [6.07, 6.45) is 6.16. The Hall–Kier alpha value is -3.07. The molecule has 1 aliphatic rings. The maximum absolute atomic E-state index is 12.7. The summed E-state index contributed by atoms with van der Waals surface area (Å²) < 4.78 is 11.3. The second-order valence-electron chi connectivity index (χ2n) is 6.84. The van der Waals surface area contributed by atoms with E-state index in [1.807, 2.05) is 18.2 Å². The van der Waals surface area contributed by atoms with Gasteiger partial charge in [-0.15, -0.1) is 0 Å². The summed E-state index contributed by atoms with van der Waals surface area (Å²) in [6, 6.07) is 7.35. The first-order valence-electron chi connectivity index (χ1n) is 9.98. The fraction of sp³-hybridized carbons (Fsp3) is 0.435. The van der Waals surface area contributed by atoms with Gasteiger partial charge in [-0.2, -0.15) is 5.26 Å². The van der Waals surface area contributed by atoms with Crippen LogP contribution in [0.15, 0.2) is 34.9 Å². The number of carbonyl (C=O) groups is 2. The molecule has 0 atom stereocenters. The van der Waals surface area contributed by atoms with Crippen LogP contribution in [-0.4, -0.2) is 37.0 Å². The zero-order chi connectivity index (χ0) is 21.4. The van der Waals surface area contributed by atoms with Crippen molar-refractivity contribution in [3.8, 4) is 17.6 Å². The molecule has 0 saturated carbocycles. The number of ether oxygens (including phenoxy) is 2. The highest BCUT2D eigenvalue weighted by Gasteiger charge is 2.34. The van der Waals surface area contributed by atoms with Gasteiger partial charge < -0.3 is 9.47 Å². The van der Waals surface area contributed by atoms with E-state index in [4.69, 9.17) is 9.47 Å². The van der Waals surface area contributed by atoms with Gasteiger partial charge in [-0.05, 0) is 49.6 Å². The first-order valence-corrected chi connectivity index (χ1v) is 9.98. The van der Waals surface area contributed by atoms with Crippen LogP contribution in [0.3, 0.4) is 0 Å². The Bertz CT molecular complexity index is 877. The zero-order valence-corrected chi connectivity index (χ0v) is 17.6. The number of hydrogen-bond acceptors (Lipinski definition) is 5. The highest BCUT2D eigenvalue weighted by atomic mass is 16.5. The van der Waals surface area contributed by atoms with Crippen molar-refractivity contribution >= 4 is 17.9 Å². The molecule has 2 rings (SSSR count). The van der Waals surface area contributed by atoms with E-state index in [1.54, 1.807) is 33.1 Å². The Kier molecular flexibility index (Phi) is 8.02. The van der Waals surface area contributed by atoms with Crippen LogP contribution >= 0.6 is 0 Å². The average Bonchev–Trinajstić information content (AvgIpc) is 2.72. The molecule has 0 spiro atoms. The quantitative estimate of drug-likeness (QED) is 0.354. The van der Waals surface area contributed by atoms with Gasteiger partial charge in [0, 0.05) is 12.1 Å². The van der Waals surface area contributed by atoms with Crippen LogP contribution in [0.4, 0.5) is 0 Å². The van der Waals surface area contributed by atoms with E-state index < -0.39 is 11.8 Å². The number of benzene rings is 1. The summed E-state index contributed by atoms with van der Waals surface area (Å²) in [6.45, 7) is 6.33. The maximum Gasteiger partial charge on any atom is 0.271 e. The van der Waals surface area contributed by atoms with Gasteiger partial charge >= 0.3 is 0 Å². The van der Waals surface area contributed by atoms with Crippen LogP contribution in [0.25, 0.3) is 6.08 Å². The molecule has 0 aromatic heterocycles. The minimum Gasteiger partial charge on any atom is -0.493 e. The molecule has 0 radical (unpaired) electrons. The van der Waals surface area contributed by atoms with E-state index in [2.05, 4.69) is 6.92 Å². The van der Waals surface area contributed by atoms with Gasteiger partial charge in [-0.25, -0.2) is 0 Å². The molecule has 154 valence electrons. The number of unbranched alkanes of at least 4 members (excludes halogenated alkanes) is 3. The third-order valence-corrected chi connectivity index (χ3v) is 4.90. The number of amides is 2. The lowest BCUT2D eigenvalue weighted by Gasteiger charge is -2.26. The van der Waals surface area contributed by atoms with Crippen molar-refractivity contribution in [2.75, 3.05) is 20.3 Å². The lowest BCUT2D eigenvalue weighted by molar-refractivity contribution is -0.140. The lowest BCUT2D eigenvalue weighted by Crippen LogP contribution is -2.42. The van der Waals surface area contributed by atoms with Gasteiger partial charge in [-0.1, -0.05) is 32.3 Å². The lowest BCUT2D eigenvalue weighted by atomic mass is 9.93. The predicted octanol–water partition coefficient (Wildman–Crippen LogP) is 4.27. The van der Waals surface area contributed by atoms with Crippen LogP contribution in [-0.2, 0) is 9.59 Å². The number of likely N-dealkylation sites (N-methyl/N-ethyl adjacent to an activating group) is 1. The summed E-state index contributed by atoms with van der Waals surface area (Å²) in [7, 11) is 1.57. The van der Waals surface area contributed by atoms with Crippen LogP contribution in [0.1, 0.15) is 52.0 Å². The normalized spacial score (nSPS) is 15.7. The molecular weight excluding hydrogens is 368 g/mol. The maximum atomic E-state index is 12.7. The Labute approximate surface area is 172 Å². The van der Waals surface area contributed by atoms with Gasteiger partial charge in [-0.3, -0.25) is 14.5 Å². The molecule has 1 heterocycles. The Balaban J connectivity index is 2.31. The topological polar surface area (TPSA) is 79.6 Å². The second kappa shape index (κ2) is 10.5. The number of imide groups is 1. The molecular formula is C23H28N2O4. The molecule has 1 aromatic rings. The Morgan fingerprint density at radius 3 is 2.48 bits per heavy atom. The van der Waals surface area contributed by atoms with E-state index >= 15 is 0 Å². The van der Waals surface area contributed by atoms with E-state index in [1.165, 1.54) is 12.8 Å². The van der Waals surface area contributed by atoms with E-state index in [0.717, 1.165) is 23.3 Å². The molecule has 29 heavy (non-hydrogen) atoms. The molecule has 1 aromatic carbocycles. The monoisotopic (exact) mass is 396 g/mol. The first kappa shape index (κ1) is 22.2. The number of hydrogen-bond donors (Lipinski definition) is 0. The predicted molar refractivity (Wildman–Crippen MR) is 111 cm³/mol. The van der Waals surface area contributed by atoms with E-state index in [9.17, 15) is 14.9 Å². The third kappa shape index (κ3) is 5.05. The van der Waals surface area contributed by atoms with Crippen LogP contribution in [0.2, 0.25) is 0 Å². The van der Waals surface area contributed by atoms with Crippen LogP contribution in [0.5, 0.6) is 11.5 Å². The number of nitrogens with zero attached hydrogens (tertiary/aromatic N) is 2. The molecule has 6 nitrogen and oxygen atoms in total. The summed E-state index contributed by atoms with van der Waals surface area (Å²) >= 11 is 0. The SMILES string of the molecule is CCCCCCOc1ccc(/C=C2/C(=O)N(CC)C(=O)C(C#N)=C2C)cc1OC. The Morgan fingerprint density at radius 2 is 1.86 bits per heavy atom. The van der Waals surface area contributed by atoms with Gasteiger partial charge in [0.2, 0.25) is 0 Å². The minimum atomic E-state index is -0.543. The zero-order valence-electron chi connectivity index (χ0n) is 17.6. The molecule has 0 fully saturated rings. The molecule has 0 aliphatic carbocycles. The van der Waals surface area contributed by atoms with Crippen molar-refractivity contribution < 1.29 is 19.1 Å². The van der Waals surface area contributed by atoms with E-state index in [-0.39, 0.29) is 12.1 Å². The molecule has 6 heteroatoms. The second-order valence-corrected chi connectivity index (χ2v) is 6.84. The molecule has 0 saturated heterocycles. The van der Waals surface area contributed by atoms with Crippen molar-refractivity contribution in [1.82, 2.24) is 4.90 Å². The van der Waals surface area contributed by atoms with Crippen molar-refractivity contribution in [3.05, 3.63) is 40.5 Å². The average molecular weight is 396 g/mol. The number of carbonyl (C=O) groups excluding carboxylic acids is 2. The smallest absolute Gasteiger partial charge is 0.271 e. The summed E-state index contributed by atoms with van der Waals surface area (Å²) in [5.41, 5.74) is 1.45. The van der Waals surface area contributed by atoms with Gasteiger partial charge in [0.1, 0.15) is 11.6 Å². The van der Waals surface area contributed by atoms with Gasteiger partial charge in [0.25, 0.3) is 11.8 Å². The van der Waals surface area contributed by atoms with Crippen molar-refractivity contribution in [2.24, 2.45) is 0 Å². The molecule has 1 aliphatic heterocycles.